The first kappa shape index (κ1) is 81.7. The predicted molar refractivity (Wildman–Crippen MR) is 494 cm³/mol. The van der Waals surface area contributed by atoms with Gasteiger partial charge in [-0.2, -0.15) is 0 Å². The Bertz CT molecular complexity index is 5450. The molecular weight excluding hydrogens is 1660 g/mol. The number of carbonyl (C=O) groups is 1. The highest BCUT2D eigenvalue weighted by Gasteiger charge is 2.55. The Labute approximate surface area is 710 Å². The van der Waals surface area contributed by atoms with Crippen molar-refractivity contribution in [3.63, 3.8) is 0 Å². The number of benzene rings is 11. The summed E-state index contributed by atoms with van der Waals surface area (Å²) in [5.74, 6) is 0. The van der Waals surface area contributed by atoms with E-state index in [-0.39, 0.29) is 10.8 Å². The van der Waals surface area contributed by atoms with Gasteiger partial charge in [-0.25, -0.2) is 0 Å². The Morgan fingerprint density at radius 3 is 1.09 bits per heavy atom. The summed E-state index contributed by atoms with van der Waals surface area (Å²) in [6.45, 7) is 28.4. The second-order valence-corrected chi connectivity index (χ2v) is 38.8. The van der Waals surface area contributed by atoms with E-state index >= 15 is 0 Å². The molecule has 0 atom stereocenters. The Morgan fingerprint density at radius 2 is 0.702 bits per heavy atom. The van der Waals surface area contributed by atoms with Gasteiger partial charge in [0.25, 0.3) is 0 Å². The number of aldehydes is 1. The highest BCUT2D eigenvalue weighted by atomic mass is 79.9. The Kier molecular flexibility index (Phi) is 23.5. The van der Waals surface area contributed by atoms with Crippen LogP contribution in [-0.4, -0.2) is 52.1 Å². The van der Waals surface area contributed by atoms with Gasteiger partial charge in [0.1, 0.15) is 6.29 Å². The molecule has 2 saturated heterocycles. The van der Waals surface area contributed by atoms with Crippen molar-refractivity contribution in [3.05, 3.63) is 293 Å². The number of aromatic nitrogens is 2. The number of carbonyl (C=O) groups excluding carboxylic acids is 1. The molecule has 0 spiro atoms. The lowest BCUT2D eigenvalue weighted by Gasteiger charge is -2.35. The predicted octanol–water partition coefficient (Wildman–Crippen LogP) is 28.1. The van der Waals surface area contributed by atoms with Crippen molar-refractivity contribution in [2.24, 2.45) is 0 Å². The van der Waals surface area contributed by atoms with E-state index in [1.54, 1.807) is 11.1 Å². The van der Waals surface area contributed by atoms with Gasteiger partial charge in [0, 0.05) is 61.8 Å². The molecule has 13 aromatic rings. The zero-order chi connectivity index (χ0) is 80.3. The molecule has 17 rings (SSSR count). The largest absolute Gasteiger partial charge is 0.494 e. The number of hydrogen-bond acceptors (Lipinski definition) is 5. The maximum Gasteiger partial charge on any atom is 0.494 e. The fraction of sp³-hybridized carbons (Fsp3) is 0.337. The van der Waals surface area contributed by atoms with Crippen molar-refractivity contribution in [1.82, 2.24) is 9.13 Å². The van der Waals surface area contributed by atoms with Crippen molar-refractivity contribution in [2.45, 2.75) is 219 Å². The fourth-order valence-corrected chi connectivity index (χ4v) is 19.6. The number of unbranched alkanes of at least 4 members (excludes halogenated alkanes) is 10. The molecule has 0 radical (unpaired) electrons. The minimum absolute atomic E-state index is 0.00830. The SMILES string of the molecule is CC(C)(C)c1ccc(-n2c3ccc(Br)cc3c3cc(Br)ccc32)cc1.CCCCCCCCC1(CCCCCCCC)c2ccccc2-c2cc3c(cc21)-c1ccccc1C3(c1ccc(B2OC(C)(C)C(C)(C)O2)cc1)c1ccc(B2OC(C)(C)C(C)(C)O2)cc1.O=Cc1ccc(-n2c3ccc(Br)cc3c3cc(Br)ccc32)cc1. The zero-order valence-corrected chi connectivity index (χ0v) is 74.9. The van der Waals surface area contributed by atoms with Crippen LogP contribution in [0.2, 0.25) is 0 Å². The molecule has 0 saturated carbocycles. The van der Waals surface area contributed by atoms with E-state index in [2.05, 4.69) is 357 Å². The summed E-state index contributed by atoms with van der Waals surface area (Å²) in [7, 11) is -0.873. The van der Waals surface area contributed by atoms with Crippen LogP contribution in [0.1, 0.15) is 229 Å². The van der Waals surface area contributed by atoms with Crippen LogP contribution in [0.5, 0.6) is 0 Å². The lowest BCUT2D eigenvalue weighted by molar-refractivity contribution is 0.00578. The van der Waals surface area contributed by atoms with Gasteiger partial charge in [0.2, 0.25) is 0 Å². The van der Waals surface area contributed by atoms with Crippen LogP contribution in [-0.2, 0) is 34.9 Å². The Balaban J connectivity index is 0.000000171. The van der Waals surface area contributed by atoms with Crippen LogP contribution in [0.3, 0.4) is 0 Å². The van der Waals surface area contributed by atoms with E-state index in [1.807, 2.05) is 36.4 Å². The third-order valence-corrected chi connectivity index (χ3v) is 27.7. The lowest BCUT2D eigenvalue weighted by atomic mass is 9.65. The van der Waals surface area contributed by atoms with E-state index < -0.39 is 42.1 Å². The third kappa shape index (κ3) is 15.3. The number of halogens is 4. The highest BCUT2D eigenvalue weighted by molar-refractivity contribution is 9.11. The van der Waals surface area contributed by atoms with Crippen LogP contribution in [0, 0.1) is 0 Å². The summed E-state index contributed by atoms with van der Waals surface area (Å²) in [5, 5.41) is 4.89. The van der Waals surface area contributed by atoms with Gasteiger partial charge in [-0.05, 0) is 267 Å². The Hall–Kier alpha value is -7.42. The average Bonchev–Trinajstić information content (AvgIpc) is 1.48. The Morgan fingerprint density at radius 1 is 0.360 bits per heavy atom. The third-order valence-electron chi connectivity index (χ3n) is 25.7. The van der Waals surface area contributed by atoms with Gasteiger partial charge >= 0.3 is 14.2 Å². The number of fused-ring (bicyclic) bond motifs is 12. The molecule has 4 heterocycles. The molecule has 11 aromatic carbocycles. The van der Waals surface area contributed by atoms with Crippen LogP contribution in [0.15, 0.2) is 248 Å². The van der Waals surface area contributed by atoms with Crippen molar-refractivity contribution >= 4 is 139 Å². The maximum atomic E-state index is 10.9. The molecule has 2 aliphatic carbocycles. The molecule has 0 N–H and O–H groups in total. The second kappa shape index (κ2) is 32.8. The first-order valence-electron chi connectivity index (χ1n) is 41.4. The first-order valence-corrected chi connectivity index (χ1v) is 44.5. The molecule has 114 heavy (non-hydrogen) atoms. The van der Waals surface area contributed by atoms with E-state index in [9.17, 15) is 4.79 Å². The molecule has 2 aliphatic heterocycles. The van der Waals surface area contributed by atoms with Gasteiger partial charge in [-0.3, -0.25) is 4.79 Å². The molecule has 2 fully saturated rings. The van der Waals surface area contributed by atoms with E-state index in [1.165, 1.54) is 178 Å². The van der Waals surface area contributed by atoms with Crippen molar-refractivity contribution < 1.29 is 23.4 Å². The van der Waals surface area contributed by atoms with E-state index in [0.717, 1.165) is 51.8 Å². The van der Waals surface area contributed by atoms with E-state index in [4.69, 9.17) is 18.6 Å². The number of rotatable bonds is 21. The molecule has 13 heteroatoms. The minimum atomic E-state index is -0.595. The average molecular weight is 1770 g/mol. The highest BCUT2D eigenvalue weighted by Crippen LogP contribution is 2.62. The van der Waals surface area contributed by atoms with Crippen molar-refractivity contribution in [2.75, 3.05) is 0 Å². The van der Waals surface area contributed by atoms with Gasteiger partial charge in [0.15, 0.2) is 0 Å². The number of nitrogens with zero attached hydrogens (tertiary/aromatic N) is 2. The summed E-state index contributed by atoms with van der Waals surface area (Å²) >= 11 is 14.3. The van der Waals surface area contributed by atoms with Crippen LogP contribution in [0.4, 0.5) is 0 Å². The van der Waals surface area contributed by atoms with Gasteiger partial charge in [-0.1, -0.05) is 285 Å². The van der Waals surface area contributed by atoms with Crippen molar-refractivity contribution in [3.8, 4) is 33.6 Å². The van der Waals surface area contributed by atoms with Gasteiger partial charge in [-0.15, -0.1) is 0 Å². The summed E-state index contributed by atoms with van der Waals surface area (Å²) in [5.41, 5.74) is 22.7. The summed E-state index contributed by atoms with van der Waals surface area (Å²) in [6, 6.07) is 84.6. The quantitative estimate of drug-likeness (QED) is 0.0407. The fourth-order valence-electron chi connectivity index (χ4n) is 18.1. The molecule has 4 aliphatic rings. The van der Waals surface area contributed by atoms with Crippen LogP contribution >= 0.6 is 63.7 Å². The summed E-state index contributed by atoms with van der Waals surface area (Å²) in [4.78, 5) is 10.9. The normalized spacial score (nSPS) is 16.4. The molecule has 0 unspecified atom stereocenters. The maximum absolute atomic E-state index is 10.9. The molecule has 584 valence electrons. The molecule has 7 nitrogen and oxygen atoms in total. The van der Waals surface area contributed by atoms with Gasteiger partial charge in [0.05, 0.1) is 49.9 Å². The first-order chi connectivity index (χ1) is 54.6. The minimum Gasteiger partial charge on any atom is -0.399 e. The van der Waals surface area contributed by atoms with E-state index in [0.29, 0.717) is 5.56 Å². The molecule has 0 amide bonds. The second-order valence-electron chi connectivity index (χ2n) is 35.1. The monoisotopic (exact) mass is 1760 g/mol. The van der Waals surface area contributed by atoms with Crippen LogP contribution in [0.25, 0.3) is 77.2 Å². The smallest absolute Gasteiger partial charge is 0.399 e. The molecule has 2 aromatic heterocycles. The molecule has 0 bridgehead atoms. The topological polar surface area (TPSA) is 63.9 Å². The summed E-state index contributed by atoms with van der Waals surface area (Å²) in [6.07, 6.45) is 19.0. The van der Waals surface area contributed by atoms with Crippen molar-refractivity contribution in [1.29, 1.82) is 0 Å². The van der Waals surface area contributed by atoms with Crippen LogP contribution < -0.4 is 10.9 Å². The lowest BCUT2D eigenvalue weighted by Crippen LogP contribution is -2.41. The van der Waals surface area contributed by atoms with Gasteiger partial charge < -0.3 is 27.8 Å². The molecular formula is C101H106B2Br4N2O5. The number of hydrogen-bond donors (Lipinski definition) is 0. The summed E-state index contributed by atoms with van der Waals surface area (Å²) < 4.78 is 35.2. The zero-order valence-electron chi connectivity index (χ0n) is 68.5. The standard InChI is InChI=1S/C60H76B2O4.C22H19Br2N.C19H11Br2NO/c1-11-13-15-17-19-25-39-59(40-26-20-18-16-14-12-2)51-29-23-21-27-47(51)49-42-54-50(41-53(49)59)48-28-22-24-30-52(48)60(54,43-31-35-45(36-32-43)61-63-55(3,4)56(5,6)64-61)44-33-37-46(38-34-44)62-65-57(7,8)58(9,10)66-62;1-22(2,3)14-4-8-17(9-5-14)25-20-10-6-15(23)12-18(20)19-13-16(24)7-11-21(19)25;20-13-3-7-18-16(9-13)17-10-14(21)4-8-19(17)22(18)15-5-1-12(11-23)2-6-15/h21-24,27-38,41-42H,11-20,25-26,39-40H2,1-10H3;4-13H,1-3H3;1-11H.